The summed E-state index contributed by atoms with van der Waals surface area (Å²) in [6, 6.07) is 23.2. The highest BCUT2D eigenvalue weighted by atomic mass is 32.2. The van der Waals surface area contributed by atoms with E-state index in [2.05, 4.69) is 11.8 Å². The first-order valence-electron chi connectivity index (χ1n) is 8.59. The second-order valence-electron chi connectivity index (χ2n) is 6.26. The zero-order valence-electron chi connectivity index (χ0n) is 15.5. The van der Waals surface area contributed by atoms with Gasteiger partial charge in [0.15, 0.2) is 5.60 Å². The van der Waals surface area contributed by atoms with Gasteiger partial charge in [0.25, 0.3) is 15.8 Å². The van der Waals surface area contributed by atoms with Gasteiger partial charge < -0.3 is 0 Å². The van der Waals surface area contributed by atoms with Crippen LogP contribution >= 0.6 is 0 Å². The van der Waals surface area contributed by atoms with Crippen molar-refractivity contribution in [2.75, 3.05) is 6.26 Å². The van der Waals surface area contributed by atoms with Crippen molar-refractivity contribution in [1.29, 1.82) is 0 Å². The number of rotatable bonds is 5. The highest BCUT2D eigenvalue weighted by molar-refractivity contribution is 7.86. The lowest BCUT2D eigenvalue weighted by Crippen LogP contribution is -2.32. The van der Waals surface area contributed by atoms with Gasteiger partial charge in [-0.15, -0.1) is 0 Å². The molecule has 0 bridgehead atoms. The van der Waals surface area contributed by atoms with Gasteiger partial charge in [-0.25, -0.2) is 4.18 Å². The highest BCUT2D eigenvalue weighted by Gasteiger charge is 2.38. The highest BCUT2D eigenvalue weighted by Crippen LogP contribution is 2.36. The predicted molar refractivity (Wildman–Crippen MR) is 110 cm³/mol. The van der Waals surface area contributed by atoms with Crippen LogP contribution in [0.2, 0.25) is 0 Å². The standard InChI is InChI=1S/C22H17NO5S/c1-29(26,27)28-22(19-11-6-3-7-12-19,16-15-18-9-4-2-5-10-18)20-13-8-14-21(17-20)23(24)25/h2-14,17H,1H3. The topological polar surface area (TPSA) is 86.5 Å². The molecule has 29 heavy (non-hydrogen) atoms. The van der Waals surface area contributed by atoms with Crippen LogP contribution in [0, 0.1) is 22.0 Å². The molecule has 0 N–H and O–H groups in total. The molecule has 0 saturated carbocycles. The van der Waals surface area contributed by atoms with Crippen molar-refractivity contribution < 1.29 is 17.5 Å². The summed E-state index contributed by atoms with van der Waals surface area (Å²) in [4.78, 5) is 10.7. The number of nitrogens with zero attached hydrogens (tertiary/aromatic N) is 1. The van der Waals surface area contributed by atoms with Crippen LogP contribution < -0.4 is 0 Å². The monoisotopic (exact) mass is 407 g/mol. The zero-order chi connectivity index (χ0) is 20.9. The van der Waals surface area contributed by atoms with Crippen molar-refractivity contribution in [2.24, 2.45) is 0 Å². The third-order valence-electron chi connectivity index (χ3n) is 4.08. The van der Waals surface area contributed by atoms with Crippen molar-refractivity contribution in [3.63, 3.8) is 0 Å². The van der Waals surface area contributed by atoms with E-state index in [9.17, 15) is 18.5 Å². The van der Waals surface area contributed by atoms with Gasteiger partial charge in [-0.05, 0) is 12.1 Å². The third-order valence-corrected chi connectivity index (χ3v) is 4.63. The van der Waals surface area contributed by atoms with E-state index in [4.69, 9.17) is 4.18 Å². The molecule has 0 saturated heterocycles. The fraction of sp³-hybridized carbons (Fsp3) is 0.0909. The lowest BCUT2D eigenvalue weighted by atomic mass is 9.86. The van der Waals surface area contributed by atoms with Crippen LogP contribution in [0.3, 0.4) is 0 Å². The molecule has 1 atom stereocenters. The Balaban J connectivity index is 2.32. The largest absolute Gasteiger partial charge is 0.269 e. The first kappa shape index (κ1) is 20.3. The number of nitro groups is 1. The van der Waals surface area contributed by atoms with Crippen LogP contribution in [0.5, 0.6) is 0 Å². The minimum atomic E-state index is -3.99. The van der Waals surface area contributed by atoms with E-state index in [1.165, 1.54) is 18.2 Å². The molecule has 0 aliphatic rings. The van der Waals surface area contributed by atoms with Crippen LogP contribution in [-0.2, 0) is 19.9 Å². The Morgan fingerprint density at radius 2 is 1.48 bits per heavy atom. The molecule has 3 aromatic rings. The predicted octanol–water partition coefficient (Wildman–Crippen LogP) is 3.87. The maximum absolute atomic E-state index is 12.2. The van der Waals surface area contributed by atoms with E-state index in [-0.39, 0.29) is 11.3 Å². The smallest absolute Gasteiger partial charge is 0.258 e. The zero-order valence-corrected chi connectivity index (χ0v) is 16.3. The number of non-ortho nitro benzene ring substituents is 1. The van der Waals surface area contributed by atoms with Crippen LogP contribution in [0.1, 0.15) is 16.7 Å². The molecule has 0 heterocycles. The van der Waals surface area contributed by atoms with Crippen LogP contribution in [0.25, 0.3) is 0 Å². The van der Waals surface area contributed by atoms with Crippen LogP contribution in [-0.4, -0.2) is 19.6 Å². The summed E-state index contributed by atoms with van der Waals surface area (Å²) in [6.45, 7) is 0. The van der Waals surface area contributed by atoms with Gasteiger partial charge in [0.1, 0.15) is 0 Å². The summed E-state index contributed by atoms with van der Waals surface area (Å²) in [7, 11) is -3.99. The Labute approximate surface area is 169 Å². The molecule has 0 spiro atoms. The van der Waals surface area contributed by atoms with Gasteiger partial charge in [-0.3, -0.25) is 10.1 Å². The molecule has 7 heteroatoms. The SMILES string of the molecule is CS(=O)(=O)OC(C#Cc1ccccc1)(c1ccccc1)c1cccc([N+](=O)[O-])c1. The Hall–Kier alpha value is -3.47. The molecule has 3 aromatic carbocycles. The third kappa shape index (κ3) is 4.88. The molecule has 3 rings (SSSR count). The van der Waals surface area contributed by atoms with Gasteiger partial charge in [0.05, 0.1) is 11.2 Å². The van der Waals surface area contributed by atoms with E-state index in [1.54, 1.807) is 60.7 Å². The summed E-state index contributed by atoms with van der Waals surface area (Å²) in [5.41, 5.74) is -0.616. The van der Waals surface area contributed by atoms with Gasteiger partial charge in [-0.1, -0.05) is 72.5 Å². The molecule has 0 aromatic heterocycles. The Morgan fingerprint density at radius 1 is 0.897 bits per heavy atom. The molecule has 0 amide bonds. The van der Waals surface area contributed by atoms with Gasteiger partial charge in [-0.2, -0.15) is 8.42 Å². The summed E-state index contributed by atoms with van der Waals surface area (Å²) in [5.74, 6) is 5.88. The van der Waals surface area contributed by atoms with Gasteiger partial charge in [0, 0.05) is 28.8 Å². The van der Waals surface area contributed by atoms with Crippen LogP contribution in [0.4, 0.5) is 5.69 Å². The number of benzene rings is 3. The molecule has 6 nitrogen and oxygen atoms in total. The minimum Gasteiger partial charge on any atom is -0.258 e. The normalized spacial score (nSPS) is 13.0. The number of hydrogen-bond acceptors (Lipinski definition) is 5. The number of hydrogen-bond donors (Lipinski definition) is 0. The summed E-state index contributed by atoms with van der Waals surface area (Å²) >= 11 is 0. The van der Waals surface area contributed by atoms with E-state index in [0.29, 0.717) is 11.1 Å². The summed E-state index contributed by atoms with van der Waals surface area (Å²) in [5, 5.41) is 11.3. The van der Waals surface area contributed by atoms with Crippen molar-refractivity contribution >= 4 is 15.8 Å². The van der Waals surface area contributed by atoms with Crippen molar-refractivity contribution in [3.8, 4) is 11.8 Å². The van der Waals surface area contributed by atoms with E-state index >= 15 is 0 Å². The van der Waals surface area contributed by atoms with Gasteiger partial charge >= 0.3 is 0 Å². The first-order valence-corrected chi connectivity index (χ1v) is 10.4. The van der Waals surface area contributed by atoms with Gasteiger partial charge in [0.2, 0.25) is 0 Å². The number of nitro benzene ring substituents is 1. The Morgan fingerprint density at radius 3 is 2.07 bits per heavy atom. The summed E-state index contributed by atoms with van der Waals surface area (Å²) < 4.78 is 29.9. The fourth-order valence-corrected chi connectivity index (χ4v) is 3.54. The van der Waals surface area contributed by atoms with E-state index in [0.717, 1.165) is 6.26 Å². The lowest BCUT2D eigenvalue weighted by molar-refractivity contribution is -0.385. The minimum absolute atomic E-state index is 0.193. The lowest BCUT2D eigenvalue weighted by Gasteiger charge is -2.28. The fourth-order valence-electron chi connectivity index (χ4n) is 2.85. The molecule has 0 radical (unpaired) electrons. The van der Waals surface area contributed by atoms with Crippen LogP contribution in [0.15, 0.2) is 84.9 Å². The molecule has 146 valence electrons. The maximum atomic E-state index is 12.2. The van der Waals surface area contributed by atoms with E-state index < -0.39 is 20.6 Å². The Kier molecular flexibility index (Phi) is 5.78. The molecular formula is C22H17NO5S. The summed E-state index contributed by atoms with van der Waals surface area (Å²) in [6.07, 6.45) is 0.923. The van der Waals surface area contributed by atoms with E-state index in [1.807, 2.05) is 6.07 Å². The molecule has 0 fully saturated rings. The molecule has 0 aliphatic heterocycles. The van der Waals surface area contributed by atoms with Crippen molar-refractivity contribution in [2.45, 2.75) is 5.60 Å². The average Bonchev–Trinajstić information content (AvgIpc) is 2.72. The first-order chi connectivity index (χ1) is 13.8. The average molecular weight is 407 g/mol. The molecule has 0 aliphatic carbocycles. The van der Waals surface area contributed by atoms with Crippen molar-refractivity contribution in [3.05, 3.63) is 112 Å². The Bertz CT molecular complexity index is 1180. The second-order valence-corrected chi connectivity index (χ2v) is 7.83. The molecule has 1 unspecified atom stereocenters. The molecular weight excluding hydrogens is 390 g/mol. The second kappa shape index (κ2) is 8.27. The maximum Gasteiger partial charge on any atom is 0.269 e. The quantitative estimate of drug-likeness (QED) is 0.277. The van der Waals surface area contributed by atoms with Crippen molar-refractivity contribution in [1.82, 2.24) is 0 Å².